The first-order chi connectivity index (χ1) is 9.77. The van der Waals surface area contributed by atoms with E-state index in [1.807, 2.05) is 24.3 Å². The number of rotatable bonds is 3. The van der Waals surface area contributed by atoms with Crippen molar-refractivity contribution in [1.29, 1.82) is 0 Å². The Balaban J connectivity index is 2.37. The van der Waals surface area contributed by atoms with Crippen LogP contribution in [-0.4, -0.2) is 26.2 Å². The van der Waals surface area contributed by atoms with Crippen LogP contribution in [0.3, 0.4) is 0 Å². The summed E-state index contributed by atoms with van der Waals surface area (Å²) in [6.07, 6.45) is 0.446. The quantitative estimate of drug-likeness (QED) is 0.803. The first kappa shape index (κ1) is 15.5. The summed E-state index contributed by atoms with van der Waals surface area (Å²) in [5.41, 5.74) is 1.17. The van der Waals surface area contributed by atoms with Gasteiger partial charge in [0.25, 0.3) is 0 Å². The van der Waals surface area contributed by atoms with Crippen molar-refractivity contribution in [1.82, 2.24) is 0 Å². The van der Waals surface area contributed by atoms with Gasteiger partial charge in [-0.2, -0.15) is 0 Å². The Hall–Kier alpha value is -1.84. The normalized spacial score (nSPS) is 24.3. The molecule has 1 fully saturated rings. The van der Waals surface area contributed by atoms with Crippen LogP contribution in [0.4, 0.5) is 0 Å². The topological polar surface area (TPSA) is 52.6 Å². The van der Waals surface area contributed by atoms with Crippen molar-refractivity contribution in [3.63, 3.8) is 0 Å². The largest absolute Gasteiger partial charge is 0.469 e. The lowest BCUT2D eigenvalue weighted by Crippen LogP contribution is -2.27. The summed E-state index contributed by atoms with van der Waals surface area (Å²) in [6.45, 7) is 6.39. The lowest BCUT2D eigenvalue weighted by atomic mass is 9.84. The van der Waals surface area contributed by atoms with Gasteiger partial charge in [-0.15, -0.1) is 0 Å². The molecule has 1 aromatic carbocycles. The zero-order valence-electron chi connectivity index (χ0n) is 13.2. The second-order valence-corrected chi connectivity index (χ2v) is 6.57. The molecule has 1 saturated carbocycles. The first-order valence-corrected chi connectivity index (χ1v) is 7.04. The molecule has 4 nitrogen and oxygen atoms in total. The van der Waals surface area contributed by atoms with Gasteiger partial charge in [0.15, 0.2) is 0 Å². The molecule has 4 heteroatoms. The van der Waals surface area contributed by atoms with Gasteiger partial charge in [-0.3, -0.25) is 9.59 Å². The van der Waals surface area contributed by atoms with Gasteiger partial charge in [-0.05, 0) is 23.0 Å². The fourth-order valence-electron chi connectivity index (χ4n) is 2.80. The van der Waals surface area contributed by atoms with Crippen molar-refractivity contribution in [2.24, 2.45) is 5.92 Å². The molecular formula is C17H22O4. The minimum Gasteiger partial charge on any atom is -0.469 e. The smallest absolute Gasteiger partial charge is 0.317 e. The zero-order chi connectivity index (χ0) is 15.8. The van der Waals surface area contributed by atoms with Crippen LogP contribution in [0.1, 0.15) is 38.3 Å². The van der Waals surface area contributed by atoms with Crippen molar-refractivity contribution in [3.8, 4) is 0 Å². The van der Waals surface area contributed by atoms with Crippen LogP contribution in [0.15, 0.2) is 24.3 Å². The van der Waals surface area contributed by atoms with Crippen LogP contribution in [-0.2, 0) is 29.9 Å². The number of methoxy groups -OCH3 is 2. The fraction of sp³-hybridized carbons (Fsp3) is 0.529. The molecule has 0 saturated heterocycles. The predicted molar refractivity (Wildman–Crippen MR) is 79.0 cm³/mol. The van der Waals surface area contributed by atoms with E-state index < -0.39 is 11.3 Å². The van der Waals surface area contributed by atoms with Gasteiger partial charge in [0.2, 0.25) is 0 Å². The van der Waals surface area contributed by atoms with Crippen LogP contribution in [0.5, 0.6) is 0 Å². The molecule has 1 aliphatic carbocycles. The number of benzene rings is 1. The summed E-state index contributed by atoms with van der Waals surface area (Å²) < 4.78 is 9.68. The number of carbonyl (C=O) groups excluding carboxylic acids is 2. The van der Waals surface area contributed by atoms with Crippen LogP contribution in [0.25, 0.3) is 0 Å². The Bertz CT molecular complexity index is 553. The first-order valence-electron chi connectivity index (χ1n) is 7.04. The number of ether oxygens (including phenoxy) is 2. The highest BCUT2D eigenvalue weighted by atomic mass is 16.5. The molecule has 0 N–H and O–H groups in total. The maximum absolute atomic E-state index is 12.2. The van der Waals surface area contributed by atoms with Crippen molar-refractivity contribution in [2.75, 3.05) is 14.2 Å². The van der Waals surface area contributed by atoms with Gasteiger partial charge in [0, 0.05) is 0 Å². The number of hydrogen-bond donors (Lipinski definition) is 0. The molecule has 0 heterocycles. The summed E-state index contributed by atoms with van der Waals surface area (Å²) in [4.78, 5) is 24.0. The van der Waals surface area contributed by atoms with Gasteiger partial charge in [-0.25, -0.2) is 0 Å². The lowest BCUT2D eigenvalue weighted by Gasteiger charge is -2.21. The van der Waals surface area contributed by atoms with E-state index in [2.05, 4.69) is 20.8 Å². The maximum Gasteiger partial charge on any atom is 0.317 e. The Morgan fingerprint density at radius 1 is 1.10 bits per heavy atom. The molecule has 114 valence electrons. The highest BCUT2D eigenvalue weighted by Gasteiger charge is 2.66. The number of carbonyl (C=O) groups is 2. The van der Waals surface area contributed by atoms with E-state index in [0.29, 0.717) is 6.42 Å². The molecule has 2 unspecified atom stereocenters. The molecule has 0 spiro atoms. The third-order valence-corrected chi connectivity index (χ3v) is 4.26. The number of esters is 2. The Morgan fingerprint density at radius 3 is 2.10 bits per heavy atom. The van der Waals surface area contributed by atoms with E-state index in [0.717, 1.165) is 5.56 Å². The molecule has 0 aliphatic heterocycles. The van der Waals surface area contributed by atoms with E-state index >= 15 is 0 Å². The summed E-state index contributed by atoms with van der Waals surface area (Å²) >= 11 is 0. The molecule has 2 rings (SSSR count). The summed E-state index contributed by atoms with van der Waals surface area (Å²) in [5, 5.41) is 0. The highest BCUT2D eigenvalue weighted by molar-refractivity contribution is 5.96. The fourth-order valence-corrected chi connectivity index (χ4v) is 2.80. The third-order valence-electron chi connectivity index (χ3n) is 4.26. The minimum absolute atomic E-state index is 0.0439. The van der Waals surface area contributed by atoms with Crippen LogP contribution in [0.2, 0.25) is 0 Å². The van der Waals surface area contributed by atoms with Crippen molar-refractivity contribution >= 4 is 11.9 Å². The van der Waals surface area contributed by atoms with Crippen molar-refractivity contribution in [3.05, 3.63) is 35.4 Å². The van der Waals surface area contributed by atoms with Gasteiger partial charge in [-0.1, -0.05) is 45.0 Å². The average Bonchev–Trinajstić information content (AvgIpc) is 3.21. The van der Waals surface area contributed by atoms with E-state index in [-0.39, 0.29) is 17.4 Å². The maximum atomic E-state index is 12.2. The third kappa shape index (κ3) is 2.55. The molecule has 0 radical (unpaired) electrons. The predicted octanol–water partition coefficient (Wildman–Crippen LogP) is 2.59. The molecule has 1 aromatic rings. The van der Waals surface area contributed by atoms with Gasteiger partial charge in [0.1, 0.15) is 5.41 Å². The minimum atomic E-state index is -0.877. The SMILES string of the molecule is COC(=O)C1CC1(C(=O)OC)c1ccc(C(C)(C)C)cc1. The Morgan fingerprint density at radius 2 is 1.67 bits per heavy atom. The molecule has 2 atom stereocenters. The zero-order valence-corrected chi connectivity index (χ0v) is 13.2. The van der Waals surface area contributed by atoms with E-state index in [1.54, 1.807) is 0 Å². The van der Waals surface area contributed by atoms with Crippen LogP contribution >= 0.6 is 0 Å². The van der Waals surface area contributed by atoms with E-state index in [1.165, 1.54) is 19.8 Å². The Labute approximate surface area is 125 Å². The molecule has 21 heavy (non-hydrogen) atoms. The molecule has 0 amide bonds. The average molecular weight is 290 g/mol. The van der Waals surface area contributed by atoms with E-state index in [9.17, 15) is 9.59 Å². The molecular weight excluding hydrogens is 268 g/mol. The van der Waals surface area contributed by atoms with Crippen molar-refractivity contribution < 1.29 is 19.1 Å². The van der Waals surface area contributed by atoms with Crippen LogP contribution in [0, 0.1) is 5.92 Å². The molecule has 0 bridgehead atoms. The lowest BCUT2D eigenvalue weighted by molar-refractivity contribution is -0.149. The van der Waals surface area contributed by atoms with Gasteiger partial charge in [0.05, 0.1) is 20.1 Å². The number of hydrogen-bond acceptors (Lipinski definition) is 4. The summed E-state index contributed by atoms with van der Waals surface area (Å²) in [7, 11) is 2.69. The standard InChI is InChI=1S/C17H22O4/c1-16(2,3)11-6-8-12(9-7-11)17(15(19)21-5)10-13(17)14(18)20-4/h6-9,13H,10H2,1-5H3. The molecule has 1 aliphatic rings. The summed E-state index contributed by atoms with van der Waals surface area (Å²) in [6, 6.07) is 7.85. The monoisotopic (exact) mass is 290 g/mol. The van der Waals surface area contributed by atoms with Crippen LogP contribution < -0.4 is 0 Å². The summed E-state index contributed by atoms with van der Waals surface area (Å²) in [5.74, 6) is -1.18. The van der Waals surface area contributed by atoms with Crippen molar-refractivity contribution in [2.45, 2.75) is 38.0 Å². The van der Waals surface area contributed by atoms with E-state index in [4.69, 9.17) is 9.47 Å². The second kappa shape index (κ2) is 5.17. The second-order valence-electron chi connectivity index (χ2n) is 6.57. The van der Waals surface area contributed by atoms with Gasteiger partial charge >= 0.3 is 11.9 Å². The Kier molecular flexibility index (Phi) is 3.83. The molecule has 0 aromatic heterocycles. The van der Waals surface area contributed by atoms with Gasteiger partial charge < -0.3 is 9.47 Å². The highest BCUT2D eigenvalue weighted by Crippen LogP contribution is 2.55.